The third-order valence-corrected chi connectivity index (χ3v) is 5.02. The molecule has 1 heterocycles. The number of rotatable bonds is 4. The van der Waals surface area contributed by atoms with Crippen LogP contribution in [0.25, 0.3) is 0 Å². The Bertz CT molecular complexity index is 570. The second kappa shape index (κ2) is 6.15. The van der Waals surface area contributed by atoms with Crippen molar-refractivity contribution in [2.24, 2.45) is 5.92 Å². The molecule has 112 valence electrons. The third-order valence-electron chi connectivity index (χ3n) is 3.58. The first-order valence-electron chi connectivity index (χ1n) is 6.52. The van der Waals surface area contributed by atoms with Gasteiger partial charge in [-0.25, -0.2) is 21.9 Å². The molecule has 0 spiro atoms. The van der Waals surface area contributed by atoms with Crippen LogP contribution in [0.1, 0.15) is 12.8 Å². The Balaban J connectivity index is 2.02. The minimum atomic E-state index is -4.00. The highest BCUT2D eigenvalue weighted by molar-refractivity contribution is 7.89. The summed E-state index contributed by atoms with van der Waals surface area (Å²) in [4.78, 5) is 1.54. The monoisotopic (exact) mass is 304 g/mol. The van der Waals surface area contributed by atoms with Crippen LogP contribution in [-0.2, 0) is 10.0 Å². The molecule has 0 aliphatic carbocycles. The van der Waals surface area contributed by atoms with Gasteiger partial charge in [0.25, 0.3) is 0 Å². The number of nitrogens with one attached hydrogen (secondary N) is 1. The highest BCUT2D eigenvalue weighted by Crippen LogP contribution is 2.18. The van der Waals surface area contributed by atoms with Crippen LogP contribution in [0.5, 0.6) is 0 Å². The maximum Gasteiger partial charge on any atom is 0.243 e. The first-order valence-corrected chi connectivity index (χ1v) is 8.00. The van der Waals surface area contributed by atoms with Crippen molar-refractivity contribution in [1.29, 1.82) is 0 Å². The summed E-state index contributed by atoms with van der Waals surface area (Å²) in [5, 5.41) is 0. The highest BCUT2D eigenvalue weighted by Gasteiger charge is 2.23. The van der Waals surface area contributed by atoms with Gasteiger partial charge in [0.15, 0.2) is 0 Å². The predicted molar refractivity (Wildman–Crippen MR) is 71.8 cm³/mol. The van der Waals surface area contributed by atoms with Crippen molar-refractivity contribution in [1.82, 2.24) is 9.62 Å². The zero-order valence-electron chi connectivity index (χ0n) is 11.3. The van der Waals surface area contributed by atoms with E-state index in [1.165, 1.54) is 0 Å². The number of nitrogens with zero attached hydrogens (tertiary/aromatic N) is 1. The smallest absolute Gasteiger partial charge is 0.243 e. The first-order chi connectivity index (χ1) is 9.38. The van der Waals surface area contributed by atoms with Crippen molar-refractivity contribution in [3.05, 3.63) is 29.8 Å². The Morgan fingerprint density at radius 2 is 1.95 bits per heavy atom. The molecule has 7 heteroatoms. The summed E-state index contributed by atoms with van der Waals surface area (Å²) < 4.78 is 52.9. The molecule has 1 aliphatic rings. The second-order valence-electron chi connectivity index (χ2n) is 5.17. The Kier molecular flexibility index (Phi) is 4.72. The third kappa shape index (κ3) is 3.74. The molecule has 0 unspecified atom stereocenters. The molecule has 1 saturated heterocycles. The molecule has 1 aromatic rings. The largest absolute Gasteiger partial charge is 0.306 e. The lowest BCUT2D eigenvalue weighted by molar-refractivity contribution is 0.220. The van der Waals surface area contributed by atoms with Gasteiger partial charge in [0, 0.05) is 6.54 Å². The van der Waals surface area contributed by atoms with E-state index in [1.54, 1.807) is 0 Å². The van der Waals surface area contributed by atoms with E-state index in [1.807, 2.05) is 7.05 Å². The van der Waals surface area contributed by atoms with E-state index in [0.29, 0.717) is 6.07 Å². The van der Waals surface area contributed by atoms with Gasteiger partial charge in [-0.05, 0) is 57.1 Å². The molecule has 0 saturated carbocycles. The fourth-order valence-electron chi connectivity index (χ4n) is 2.25. The maximum absolute atomic E-state index is 13.5. The van der Waals surface area contributed by atoms with Crippen molar-refractivity contribution in [2.45, 2.75) is 17.7 Å². The summed E-state index contributed by atoms with van der Waals surface area (Å²) in [6.45, 7) is 2.09. The van der Waals surface area contributed by atoms with E-state index < -0.39 is 26.6 Å². The van der Waals surface area contributed by atoms with E-state index >= 15 is 0 Å². The van der Waals surface area contributed by atoms with Crippen molar-refractivity contribution >= 4 is 10.0 Å². The summed E-state index contributed by atoms with van der Waals surface area (Å²) in [6.07, 6.45) is 1.79. The number of hydrogen-bond acceptors (Lipinski definition) is 3. The molecule has 0 atom stereocenters. The topological polar surface area (TPSA) is 49.4 Å². The maximum atomic E-state index is 13.5. The first kappa shape index (κ1) is 15.3. The molecule has 0 radical (unpaired) electrons. The number of hydrogen-bond donors (Lipinski definition) is 1. The van der Waals surface area contributed by atoms with Crippen molar-refractivity contribution in [3.63, 3.8) is 0 Å². The molecular weight excluding hydrogens is 286 g/mol. The SMILES string of the molecule is CN1CCC(CNS(=O)(=O)c2cc(F)ccc2F)CC1. The molecule has 1 fully saturated rings. The molecule has 20 heavy (non-hydrogen) atoms. The van der Waals surface area contributed by atoms with Crippen LogP contribution in [0.15, 0.2) is 23.1 Å². The van der Waals surface area contributed by atoms with Gasteiger partial charge in [0.1, 0.15) is 16.5 Å². The molecule has 2 rings (SSSR count). The zero-order chi connectivity index (χ0) is 14.8. The number of benzene rings is 1. The van der Waals surface area contributed by atoms with Gasteiger partial charge in [0.2, 0.25) is 10.0 Å². The lowest BCUT2D eigenvalue weighted by atomic mass is 9.98. The van der Waals surface area contributed by atoms with E-state index in [9.17, 15) is 17.2 Å². The fraction of sp³-hybridized carbons (Fsp3) is 0.538. The fourth-order valence-corrected chi connectivity index (χ4v) is 3.46. The van der Waals surface area contributed by atoms with Gasteiger partial charge in [-0.2, -0.15) is 0 Å². The van der Waals surface area contributed by atoms with Crippen LogP contribution in [0.3, 0.4) is 0 Å². The van der Waals surface area contributed by atoms with E-state index in [2.05, 4.69) is 9.62 Å². The minimum absolute atomic E-state index is 0.234. The lowest BCUT2D eigenvalue weighted by Gasteiger charge is -2.28. The molecule has 0 aromatic heterocycles. The number of likely N-dealkylation sites (tertiary alicyclic amines) is 1. The minimum Gasteiger partial charge on any atom is -0.306 e. The number of piperidine rings is 1. The van der Waals surface area contributed by atoms with Crippen LogP contribution < -0.4 is 4.72 Å². The Morgan fingerprint density at radius 1 is 1.30 bits per heavy atom. The molecule has 4 nitrogen and oxygen atoms in total. The number of sulfonamides is 1. The van der Waals surface area contributed by atoms with Crippen molar-refractivity contribution < 1.29 is 17.2 Å². The second-order valence-corrected chi connectivity index (χ2v) is 6.91. The van der Waals surface area contributed by atoms with Gasteiger partial charge in [-0.3, -0.25) is 0 Å². The molecule has 1 aliphatic heterocycles. The summed E-state index contributed by atoms with van der Waals surface area (Å²) in [5.41, 5.74) is 0. The van der Waals surface area contributed by atoms with E-state index in [4.69, 9.17) is 0 Å². The standard InChI is InChI=1S/C13H18F2N2O2S/c1-17-6-4-10(5-7-17)9-16-20(18,19)13-8-11(14)2-3-12(13)15/h2-3,8,10,16H,4-7,9H2,1H3. The van der Waals surface area contributed by atoms with Gasteiger partial charge in [0.05, 0.1) is 0 Å². The summed E-state index contributed by atoms with van der Waals surface area (Å²) in [6, 6.07) is 2.41. The Hall–Kier alpha value is -1.05. The molecule has 0 amide bonds. The average Bonchev–Trinajstić information content (AvgIpc) is 2.41. The summed E-state index contributed by atoms with van der Waals surface area (Å²) in [7, 11) is -1.99. The average molecular weight is 304 g/mol. The molecule has 1 aromatic carbocycles. The molecular formula is C13H18F2N2O2S. The Morgan fingerprint density at radius 3 is 2.60 bits per heavy atom. The van der Waals surface area contributed by atoms with Crippen LogP contribution in [0, 0.1) is 17.6 Å². The Labute approximate surface area is 117 Å². The zero-order valence-corrected chi connectivity index (χ0v) is 12.1. The normalized spacial score (nSPS) is 18.4. The van der Waals surface area contributed by atoms with Crippen LogP contribution in [0.2, 0.25) is 0 Å². The number of halogens is 2. The summed E-state index contributed by atoms with van der Waals surface area (Å²) in [5.74, 6) is -1.48. The van der Waals surface area contributed by atoms with Gasteiger partial charge >= 0.3 is 0 Å². The highest BCUT2D eigenvalue weighted by atomic mass is 32.2. The van der Waals surface area contributed by atoms with Gasteiger partial charge in [-0.15, -0.1) is 0 Å². The predicted octanol–water partition coefficient (Wildman–Crippen LogP) is 1.58. The quantitative estimate of drug-likeness (QED) is 0.919. The van der Waals surface area contributed by atoms with Crippen LogP contribution in [-0.4, -0.2) is 40.0 Å². The van der Waals surface area contributed by atoms with Gasteiger partial charge in [-0.1, -0.05) is 0 Å². The lowest BCUT2D eigenvalue weighted by Crippen LogP contribution is -2.37. The van der Waals surface area contributed by atoms with Gasteiger partial charge < -0.3 is 4.90 Å². The van der Waals surface area contributed by atoms with Crippen LogP contribution >= 0.6 is 0 Å². The molecule has 0 bridgehead atoms. The molecule has 1 N–H and O–H groups in total. The van der Waals surface area contributed by atoms with Crippen molar-refractivity contribution in [2.75, 3.05) is 26.7 Å². The van der Waals surface area contributed by atoms with E-state index in [-0.39, 0.29) is 12.5 Å². The van der Waals surface area contributed by atoms with Crippen molar-refractivity contribution in [3.8, 4) is 0 Å². The van der Waals surface area contributed by atoms with E-state index in [0.717, 1.165) is 38.1 Å². The summed E-state index contributed by atoms with van der Waals surface area (Å²) >= 11 is 0. The van der Waals surface area contributed by atoms with Crippen LogP contribution in [0.4, 0.5) is 8.78 Å².